The van der Waals surface area contributed by atoms with Crippen LogP contribution in [0.3, 0.4) is 0 Å². The molecule has 1 aliphatic heterocycles. The van der Waals surface area contributed by atoms with Gasteiger partial charge in [-0.2, -0.15) is 0 Å². The minimum atomic E-state index is -0.683. The molecule has 2 aromatic rings. The molecule has 0 aromatic heterocycles. The third kappa shape index (κ3) is 5.54. The molecule has 2 aromatic carbocycles. The molecule has 174 valence electrons. The number of ether oxygens (including phenoxy) is 1. The Bertz CT molecular complexity index is 1030. The van der Waals surface area contributed by atoms with Crippen LogP contribution in [0, 0.1) is 0 Å². The number of rotatable bonds is 10. The summed E-state index contributed by atoms with van der Waals surface area (Å²) in [7, 11) is 0. The van der Waals surface area contributed by atoms with Crippen molar-refractivity contribution in [3.63, 3.8) is 0 Å². The first kappa shape index (κ1) is 24.7. The molecule has 1 N–H and O–H groups in total. The topological polar surface area (TPSA) is 70.1 Å². The van der Waals surface area contributed by atoms with E-state index in [-0.39, 0.29) is 11.3 Å². The summed E-state index contributed by atoms with van der Waals surface area (Å²) in [5.41, 5.74) is 1.32. The summed E-state index contributed by atoms with van der Waals surface area (Å²) in [4.78, 5) is 29.9. The minimum Gasteiger partial charge on any atom is -0.507 e. The lowest BCUT2D eigenvalue weighted by Crippen LogP contribution is -2.38. The Kier molecular flexibility index (Phi) is 8.47. The molecule has 0 aliphatic carbocycles. The number of aliphatic hydroxyl groups excluding tert-OH is 1. The van der Waals surface area contributed by atoms with E-state index in [4.69, 9.17) is 4.74 Å². The van der Waals surface area contributed by atoms with Crippen LogP contribution < -0.4 is 4.74 Å². The Hall–Kier alpha value is -2.90. The van der Waals surface area contributed by atoms with E-state index in [9.17, 15) is 14.7 Å². The quantitative estimate of drug-likeness (QED) is 0.214. The Morgan fingerprint density at radius 2 is 1.76 bits per heavy atom. The summed E-state index contributed by atoms with van der Waals surface area (Å²) in [6, 6.07) is 13.6. The lowest BCUT2D eigenvalue weighted by molar-refractivity contribution is -0.140. The van der Waals surface area contributed by atoms with Crippen LogP contribution in [-0.4, -0.2) is 59.4 Å². The Morgan fingerprint density at radius 3 is 2.33 bits per heavy atom. The van der Waals surface area contributed by atoms with Gasteiger partial charge in [-0.05, 0) is 42.9 Å². The van der Waals surface area contributed by atoms with Gasteiger partial charge in [0.15, 0.2) is 0 Å². The van der Waals surface area contributed by atoms with Crippen LogP contribution in [0.2, 0.25) is 0 Å². The molecule has 0 unspecified atom stereocenters. The number of aliphatic hydroxyl groups is 1. The number of nitrogens with zero attached hydrogens (tertiary/aromatic N) is 2. The van der Waals surface area contributed by atoms with Crippen molar-refractivity contribution in [1.29, 1.82) is 0 Å². The molecule has 0 bridgehead atoms. The number of hydrogen-bond donors (Lipinski definition) is 1. The zero-order valence-corrected chi connectivity index (χ0v) is 20.5. The number of carbonyl (C=O) groups is 2. The molecule has 1 aliphatic rings. The summed E-state index contributed by atoms with van der Waals surface area (Å²) >= 11 is 3.38. The number of Topliss-reactive ketones (excluding diaryl/α,β-unsaturated/α-hetero) is 1. The van der Waals surface area contributed by atoms with E-state index in [0.717, 1.165) is 23.1 Å². The molecule has 1 fully saturated rings. The van der Waals surface area contributed by atoms with Gasteiger partial charge in [-0.3, -0.25) is 9.59 Å². The van der Waals surface area contributed by atoms with Crippen molar-refractivity contribution in [3.05, 3.63) is 82.4 Å². The maximum Gasteiger partial charge on any atom is 0.295 e. The lowest BCUT2D eigenvalue weighted by atomic mass is 9.95. The first-order valence-electron chi connectivity index (χ1n) is 11.0. The molecule has 0 saturated carbocycles. The summed E-state index contributed by atoms with van der Waals surface area (Å²) in [6.07, 6.45) is 1.66. The predicted octanol–water partition coefficient (Wildman–Crippen LogP) is 4.78. The van der Waals surface area contributed by atoms with Crippen LogP contribution in [0.15, 0.2) is 71.2 Å². The molecule has 33 heavy (non-hydrogen) atoms. The molecular formula is C26H29BrN2O4. The van der Waals surface area contributed by atoms with E-state index in [1.54, 1.807) is 47.4 Å². The van der Waals surface area contributed by atoms with Gasteiger partial charge in [0.25, 0.3) is 11.7 Å². The fraction of sp³-hybridized carbons (Fsp3) is 0.308. The Morgan fingerprint density at radius 1 is 1.12 bits per heavy atom. The SMILES string of the molecule is C=CCOc1ccc([C@H]2C(=C(O)c3ccc(Br)cc3)C(=O)C(=O)N2CCN(CC)CC)cc1. The van der Waals surface area contributed by atoms with Crippen LogP contribution in [-0.2, 0) is 9.59 Å². The first-order chi connectivity index (χ1) is 15.9. The first-order valence-corrected chi connectivity index (χ1v) is 11.8. The van der Waals surface area contributed by atoms with E-state index in [1.807, 2.05) is 12.1 Å². The molecule has 1 saturated heterocycles. The number of likely N-dealkylation sites (tertiary alicyclic amines) is 1. The minimum absolute atomic E-state index is 0.0987. The second-order valence-electron chi connectivity index (χ2n) is 7.69. The van der Waals surface area contributed by atoms with Crippen LogP contribution >= 0.6 is 15.9 Å². The number of likely N-dealkylation sites (N-methyl/N-ethyl adjacent to an activating group) is 1. The van der Waals surface area contributed by atoms with Gasteiger partial charge in [0, 0.05) is 23.1 Å². The number of amides is 1. The molecule has 1 heterocycles. The highest BCUT2D eigenvalue weighted by molar-refractivity contribution is 9.10. The monoisotopic (exact) mass is 512 g/mol. The molecule has 0 spiro atoms. The highest BCUT2D eigenvalue weighted by Crippen LogP contribution is 2.39. The summed E-state index contributed by atoms with van der Waals surface area (Å²) in [5.74, 6) is -0.792. The second kappa shape index (κ2) is 11.3. The van der Waals surface area contributed by atoms with Crippen molar-refractivity contribution in [1.82, 2.24) is 9.80 Å². The Balaban J connectivity index is 2.05. The van der Waals surface area contributed by atoms with Crippen molar-refractivity contribution in [2.24, 2.45) is 0 Å². The molecular weight excluding hydrogens is 484 g/mol. The van der Waals surface area contributed by atoms with E-state index < -0.39 is 17.7 Å². The zero-order chi connectivity index (χ0) is 24.0. The van der Waals surface area contributed by atoms with E-state index in [2.05, 4.69) is 41.3 Å². The van der Waals surface area contributed by atoms with Gasteiger partial charge in [0.1, 0.15) is 18.1 Å². The summed E-state index contributed by atoms with van der Waals surface area (Å²) < 4.78 is 6.42. The fourth-order valence-corrected chi connectivity index (χ4v) is 4.18. The van der Waals surface area contributed by atoms with Gasteiger partial charge in [0.05, 0.1) is 11.6 Å². The number of hydrogen-bond acceptors (Lipinski definition) is 5. The third-order valence-electron chi connectivity index (χ3n) is 5.77. The average Bonchev–Trinajstić information content (AvgIpc) is 3.08. The molecule has 0 radical (unpaired) electrons. The van der Waals surface area contributed by atoms with Gasteiger partial charge in [-0.25, -0.2) is 0 Å². The van der Waals surface area contributed by atoms with Crippen LogP contribution in [0.4, 0.5) is 0 Å². The average molecular weight is 513 g/mol. The van der Waals surface area contributed by atoms with Crippen molar-refractivity contribution >= 4 is 33.4 Å². The number of ketones is 1. The van der Waals surface area contributed by atoms with Crippen LogP contribution in [0.25, 0.3) is 5.76 Å². The van der Waals surface area contributed by atoms with E-state index in [0.29, 0.717) is 31.0 Å². The van der Waals surface area contributed by atoms with E-state index >= 15 is 0 Å². The highest BCUT2D eigenvalue weighted by Gasteiger charge is 2.45. The predicted molar refractivity (Wildman–Crippen MR) is 133 cm³/mol. The van der Waals surface area contributed by atoms with Gasteiger partial charge in [-0.15, -0.1) is 0 Å². The summed E-state index contributed by atoms with van der Waals surface area (Å²) in [5, 5.41) is 11.1. The normalized spacial score (nSPS) is 17.6. The van der Waals surface area contributed by atoms with Crippen LogP contribution in [0.1, 0.15) is 31.0 Å². The number of carbonyl (C=O) groups excluding carboxylic acids is 2. The lowest BCUT2D eigenvalue weighted by Gasteiger charge is -2.28. The standard InChI is InChI=1S/C26H29BrN2O4/c1-4-17-33-21-13-9-18(10-14-21)23-22(24(30)19-7-11-20(27)12-8-19)25(31)26(32)29(23)16-15-28(5-2)6-3/h4,7-14,23,30H,1,5-6,15-17H2,2-3H3/t23-/m0/s1. The molecule has 7 heteroatoms. The molecule has 1 amide bonds. The van der Waals surface area contributed by atoms with Gasteiger partial charge in [0.2, 0.25) is 0 Å². The van der Waals surface area contributed by atoms with Crippen molar-refractivity contribution in [2.75, 3.05) is 32.8 Å². The molecule has 1 atom stereocenters. The largest absolute Gasteiger partial charge is 0.507 e. The maximum atomic E-state index is 13.1. The zero-order valence-electron chi connectivity index (χ0n) is 19.0. The van der Waals surface area contributed by atoms with Crippen LogP contribution in [0.5, 0.6) is 5.75 Å². The number of benzene rings is 2. The van der Waals surface area contributed by atoms with Gasteiger partial charge < -0.3 is 19.6 Å². The molecule has 3 rings (SSSR count). The second-order valence-corrected chi connectivity index (χ2v) is 8.61. The third-order valence-corrected chi connectivity index (χ3v) is 6.30. The van der Waals surface area contributed by atoms with Gasteiger partial charge >= 0.3 is 0 Å². The van der Waals surface area contributed by atoms with Gasteiger partial charge in [-0.1, -0.05) is 66.7 Å². The molecule has 6 nitrogen and oxygen atoms in total. The van der Waals surface area contributed by atoms with Crippen molar-refractivity contribution < 1.29 is 19.4 Å². The van der Waals surface area contributed by atoms with Crippen molar-refractivity contribution in [3.8, 4) is 5.75 Å². The number of halogens is 1. The van der Waals surface area contributed by atoms with Crippen molar-refractivity contribution in [2.45, 2.75) is 19.9 Å². The maximum absolute atomic E-state index is 13.1. The highest BCUT2D eigenvalue weighted by atomic mass is 79.9. The fourth-order valence-electron chi connectivity index (χ4n) is 3.91. The van der Waals surface area contributed by atoms with E-state index in [1.165, 1.54) is 0 Å². The smallest absolute Gasteiger partial charge is 0.295 e. The Labute approximate surface area is 203 Å². The summed E-state index contributed by atoms with van der Waals surface area (Å²) in [6.45, 7) is 10.9.